The molecule has 9 nitrogen and oxygen atoms in total. The molecule has 0 aromatic rings. The Hall–Kier alpha value is -3.07. The third-order valence-corrected chi connectivity index (χ3v) is 13.5. The molecule has 0 spiro atoms. The van der Waals surface area contributed by atoms with Crippen molar-refractivity contribution in [2.24, 2.45) is 0 Å². The molecule has 0 fully saturated rings. The summed E-state index contributed by atoms with van der Waals surface area (Å²) < 4.78 is 30.6. The first-order valence-electron chi connectivity index (χ1n) is 29.6. The van der Waals surface area contributed by atoms with Crippen molar-refractivity contribution in [3.05, 3.63) is 97.2 Å². The highest BCUT2D eigenvalue weighted by molar-refractivity contribution is 7.47. The second kappa shape index (κ2) is 52.4. The average Bonchev–Trinajstić information content (AvgIpc) is 3.35. The van der Waals surface area contributed by atoms with Crippen LogP contribution in [0, 0.1) is 0 Å². The molecule has 2 N–H and O–H groups in total. The zero-order chi connectivity index (χ0) is 53.6. The van der Waals surface area contributed by atoms with Gasteiger partial charge < -0.3 is 19.4 Å². The number of likely N-dealkylation sites (N-methyl/N-ethyl adjacent to an activating group) is 1. The van der Waals surface area contributed by atoms with Crippen LogP contribution in [0.3, 0.4) is 0 Å². The topological polar surface area (TPSA) is 111 Å². The maximum absolute atomic E-state index is 13.5. The number of phosphoric acid groups is 1. The molecule has 0 aliphatic heterocycles. The van der Waals surface area contributed by atoms with Crippen LogP contribution in [0.5, 0.6) is 0 Å². The first-order chi connectivity index (χ1) is 35.4. The van der Waals surface area contributed by atoms with E-state index >= 15 is 0 Å². The van der Waals surface area contributed by atoms with Crippen LogP contribution in [-0.4, -0.2) is 74.3 Å². The van der Waals surface area contributed by atoms with Crippen molar-refractivity contribution in [2.45, 2.75) is 251 Å². The number of unbranched alkanes of at least 4 members (excludes halogenated alkanes) is 22. The van der Waals surface area contributed by atoms with Crippen molar-refractivity contribution < 1.29 is 37.3 Å². The van der Waals surface area contributed by atoms with Gasteiger partial charge in [0.05, 0.1) is 33.8 Å². The first-order valence-corrected chi connectivity index (χ1v) is 31.1. The summed E-state index contributed by atoms with van der Waals surface area (Å²) in [6.07, 6.45) is 69.8. The van der Waals surface area contributed by atoms with E-state index in [1.807, 2.05) is 33.3 Å². The first kappa shape index (κ1) is 69.9. The SMILES string of the molecule is CC/C=C\C/C=C\C/C=C\C/C=C\C/C=C\CCCC(=O)NC(COP(=O)(O)OCC[N+](C)(C)C)C(/C=C/CCCCCCCCCCC)OC(=O)CCCCCCCCCCC/C=C\C/C=C\CCCCC. The highest BCUT2D eigenvalue weighted by Crippen LogP contribution is 2.43. The molecule has 0 saturated heterocycles. The van der Waals surface area contributed by atoms with Gasteiger partial charge in [0.15, 0.2) is 0 Å². The van der Waals surface area contributed by atoms with Crippen LogP contribution in [0.15, 0.2) is 97.2 Å². The number of hydrogen-bond acceptors (Lipinski definition) is 6. The maximum atomic E-state index is 13.5. The summed E-state index contributed by atoms with van der Waals surface area (Å²) in [4.78, 5) is 37.6. The van der Waals surface area contributed by atoms with E-state index in [9.17, 15) is 19.0 Å². The van der Waals surface area contributed by atoms with Crippen LogP contribution in [0.4, 0.5) is 0 Å². The van der Waals surface area contributed by atoms with Crippen LogP contribution >= 0.6 is 7.82 Å². The van der Waals surface area contributed by atoms with Gasteiger partial charge in [0.1, 0.15) is 19.3 Å². The van der Waals surface area contributed by atoms with E-state index in [-0.39, 0.29) is 37.9 Å². The minimum Gasteiger partial charge on any atom is -0.456 e. The number of ether oxygens (including phenoxy) is 1. The molecule has 1 amide bonds. The van der Waals surface area contributed by atoms with Gasteiger partial charge in [-0.15, -0.1) is 0 Å². The Bertz CT molecular complexity index is 1570. The van der Waals surface area contributed by atoms with E-state index in [4.69, 9.17) is 13.8 Å². The van der Waals surface area contributed by atoms with Gasteiger partial charge in [-0.2, -0.15) is 0 Å². The Morgan fingerprint density at radius 3 is 1.37 bits per heavy atom. The Morgan fingerprint density at radius 2 is 0.890 bits per heavy atom. The molecular weight excluding hydrogens is 928 g/mol. The third-order valence-electron chi connectivity index (χ3n) is 12.5. The quantitative estimate of drug-likeness (QED) is 0.0205. The number of carbonyl (C=O) groups is 2. The zero-order valence-corrected chi connectivity index (χ0v) is 48.7. The predicted octanol–water partition coefficient (Wildman–Crippen LogP) is 18.0. The molecule has 0 bridgehead atoms. The minimum absolute atomic E-state index is 0.0245. The highest BCUT2D eigenvalue weighted by atomic mass is 31.2. The molecule has 73 heavy (non-hydrogen) atoms. The van der Waals surface area contributed by atoms with Gasteiger partial charge in [-0.05, 0) is 102 Å². The van der Waals surface area contributed by atoms with E-state index in [1.54, 1.807) is 0 Å². The Kier molecular flexibility index (Phi) is 50.2. The lowest BCUT2D eigenvalue weighted by Gasteiger charge is -2.27. The standard InChI is InChI=1S/C63H111N2O7P/c1-7-10-13-16-19-22-25-27-29-31-32-34-36-38-41-44-47-50-53-56-63(67)72-61(54-51-48-45-42-39-24-21-18-15-12-9-3)60(59-71-73(68,69)70-58-57-65(4,5)6)64-62(66)55-52-49-46-43-40-37-35-33-30-28-26-23-20-17-14-11-8-2/h11,14,19-20,22-23,27-30,35,37,43,46,51,54,60-61H,7-10,12-13,15-18,21,24-26,31-34,36,38-42,44-45,47-50,52-53,55-59H2,1-6H3,(H-,64,66,68,69)/p+1/b14-11-,22-19-,23-20-,29-27-,30-28-,37-35-,46-43-,54-51+. The van der Waals surface area contributed by atoms with Gasteiger partial charge in [-0.25, -0.2) is 4.57 Å². The zero-order valence-electron chi connectivity index (χ0n) is 47.8. The maximum Gasteiger partial charge on any atom is 0.472 e. The Labute approximate surface area is 449 Å². The van der Waals surface area contributed by atoms with E-state index in [0.717, 1.165) is 96.3 Å². The number of quaternary nitrogens is 1. The third kappa shape index (κ3) is 53.6. The lowest BCUT2D eigenvalue weighted by atomic mass is 10.1. The van der Waals surface area contributed by atoms with Gasteiger partial charge in [-0.3, -0.25) is 18.6 Å². The summed E-state index contributed by atoms with van der Waals surface area (Å²) in [6, 6.07) is -0.884. The van der Waals surface area contributed by atoms with E-state index in [2.05, 4.69) is 111 Å². The number of hydrogen-bond donors (Lipinski definition) is 2. The summed E-state index contributed by atoms with van der Waals surface area (Å²) in [5.41, 5.74) is 0. The molecular formula is C63H112N2O7P+. The molecule has 0 aromatic heterocycles. The van der Waals surface area contributed by atoms with Gasteiger partial charge in [0.2, 0.25) is 5.91 Å². The Balaban J connectivity index is 5.37. The molecule has 3 atom stereocenters. The number of phosphoric ester groups is 1. The normalized spacial score (nSPS) is 14.5. The smallest absolute Gasteiger partial charge is 0.456 e. The van der Waals surface area contributed by atoms with Crippen LogP contribution in [0.25, 0.3) is 0 Å². The van der Waals surface area contributed by atoms with Crippen LogP contribution in [0.2, 0.25) is 0 Å². The lowest BCUT2D eigenvalue weighted by Crippen LogP contribution is -2.47. The fourth-order valence-corrected chi connectivity index (χ4v) is 8.68. The molecule has 0 aliphatic rings. The molecule has 0 rings (SSSR count). The lowest BCUT2D eigenvalue weighted by molar-refractivity contribution is -0.870. The number of rotatable bonds is 52. The second-order valence-electron chi connectivity index (χ2n) is 20.8. The van der Waals surface area contributed by atoms with E-state index < -0.39 is 20.0 Å². The minimum atomic E-state index is -4.47. The number of esters is 1. The predicted molar refractivity (Wildman–Crippen MR) is 314 cm³/mol. The second-order valence-corrected chi connectivity index (χ2v) is 22.2. The molecule has 0 saturated carbocycles. The fourth-order valence-electron chi connectivity index (χ4n) is 7.95. The molecule has 0 radical (unpaired) electrons. The summed E-state index contributed by atoms with van der Waals surface area (Å²) >= 11 is 0. The Morgan fingerprint density at radius 1 is 0.493 bits per heavy atom. The molecule has 0 aliphatic carbocycles. The monoisotopic (exact) mass is 1040 g/mol. The molecule has 420 valence electrons. The largest absolute Gasteiger partial charge is 0.472 e. The summed E-state index contributed by atoms with van der Waals surface area (Å²) in [5, 5.41) is 3.01. The number of carbonyl (C=O) groups excluding carboxylic acids is 2. The number of nitrogens with zero attached hydrogens (tertiary/aromatic N) is 1. The van der Waals surface area contributed by atoms with Crippen LogP contribution in [-0.2, 0) is 27.9 Å². The average molecular weight is 1040 g/mol. The van der Waals surface area contributed by atoms with E-state index in [1.165, 1.54) is 103 Å². The molecule has 10 heteroatoms. The van der Waals surface area contributed by atoms with Crippen LogP contribution < -0.4 is 5.32 Å². The molecule has 3 unspecified atom stereocenters. The van der Waals surface area contributed by atoms with Crippen LogP contribution in [0.1, 0.15) is 239 Å². The van der Waals surface area contributed by atoms with E-state index in [0.29, 0.717) is 17.4 Å². The van der Waals surface area contributed by atoms with Gasteiger partial charge in [0, 0.05) is 12.8 Å². The number of amides is 1. The summed E-state index contributed by atoms with van der Waals surface area (Å²) in [7, 11) is 1.45. The van der Waals surface area contributed by atoms with Gasteiger partial charge >= 0.3 is 13.8 Å². The van der Waals surface area contributed by atoms with Crippen molar-refractivity contribution in [3.8, 4) is 0 Å². The fraction of sp³-hybridized carbons (Fsp3) is 0.714. The molecule has 0 aromatic carbocycles. The van der Waals surface area contributed by atoms with Crippen molar-refractivity contribution in [2.75, 3.05) is 40.9 Å². The van der Waals surface area contributed by atoms with Crippen molar-refractivity contribution in [1.29, 1.82) is 0 Å². The van der Waals surface area contributed by atoms with Crippen molar-refractivity contribution in [3.63, 3.8) is 0 Å². The van der Waals surface area contributed by atoms with Crippen molar-refractivity contribution in [1.82, 2.24) is 5.32 Å². The highest BCUT2D eigenvalue weighted by Gasteiger charge is 2.30. The van der Waals surface area contributed by atoms with Crippen molar-refractivity contribution >= 4 is 19.7 Å². The number of nitrogens with one attached hydrogen (secondary N) is 1. The summed E-state index contributed by atoms with van der Waals surface area (Å²) in [6.45, 7) is 6.81. The molecule has 0 heterocycles. The summed E-state index contributed by atoms with van der Waals surface area (Å²) in [5.74, 6) is -0.583. The van der Waals surface area contributed by atoms with Gasteiger partial charge in [-0.1, -0.05) is 221 Å². The van der Waals surface area contributed by atoms with Gasteiger partial charge in [0.25, 0.3) is 0 Å². The number of allylic oxidation sites excluding steroid dienone is 15.